The van der Waals surface area contributed by atoms with E-state index in [4.69, 9.17) is 19.0 Å². The standard InChI is InChI=1S/C17H18N2O4/c1-2-20-17-18-16(23-19-17)12-21-13-8-10-15(11-9-13)22-14-6-4-3-5-7-14/h2-11,16-19H,1,12H2. The number of hydroxylamine groups is 1. The van der Waals surface area contributed by atoms with Crippen molar-refractivity contribution in [2.45, 2.75) is 12.6 Å². The van der Waals surface area contributed by atoms with Crippen molar-refractivity contribution in [2.75, 3.05) is 6.61 Å². The highest BCUT2D eigenvalue weighted by Gasteiger charge is 2.24. The second kappa shape index (κ2) is 7.64. The van der Waals surface area contributed by atoms with Gasteiger partial charge in [-0.05, 0) is 36.4 Å². The third kappa shape index (κ3) is 4.46. The Balaban J connectivity index is 1.47. The Morgan fingerprint density at radius 2 is 1.70 bits per heavy atom. The van der Waals surface area contributed by atoms with Gasteiger partial charge in [0, 0.05) is 0 Å². The van der Waals surface area contributed by atoms with Gasteiger partial charge in [-0.1, -0.05) is 24.8 Å². The van der Waals surface area contributed by atoms with Crippen LogP contribution in [0.4, 0.5) is 0 Å². The van der Waals surface area contributed by atoms with Gasteiger partial charge in [0.15, 0.2) is 6.23 Å². The molecule has 2 atom stereocenters. The van der Waals surface area contributed by atoms with E-state index >= 15 is 0 Å². The molecule has 0 aromatic heterocycles. The van der Waals surface area contributed by atoms with Crippen molar-refractivity contribution in [3.05, 3.63) is 67.4 Å². The molecule has 23 heavy (non-hydrogen) atoms. The van der Waals surface area contributed by atoms with Crippen molar-refractivity contribution >= 4 is 0 Å². The fourth-order valence-electron chi connectivity index (χ4n) is 2.03. The molecule has 3 rings (SSSR count). The lowest BCUT2D eigenvalue weighted by Crippen LogP contribution is -2.37. The van der Waals surface area contributed by atoms with Gasteiger partial charge < -0.3 is 14.2 Å². The summed E-state index contributed by atoms with van der Waals surface area (Å²) in [6.45, 7) is 3.82. The molecule has 6 heteroatoms. The summed E-state index contributed by atoms with van der Waals surface area (Å²) >= 11 is 0. The Kier molecular flexibility index (Phi) is 5.10. The van der Waals surface area contributed by atoms with Crippen molar-refractivity contribution in [2.24, 2.45) is 0 Å². The van der Waals surface area contributed by atoms with E-state index in [0.29, 0.717) is 6.61 Å². The Morgan fingerprint density at radius 1 is 1.00 bits per heavy atom. The van der Waals surface area contributed by atoms with Crippen LogP contribution in [-0.2, 0) is 9.57 Å². The molecule has 6 nitrogen and oxygen atoms in total. The summed E-state index contributed by atoms with van der Waals surface area (Å²) in [6, 6.07) is 17.0. The molecule has 2 aromatic carbocycles. The van der Waals surface area contributed by atoms with Crippen LogP contribution in [0.15, 0.2) is 67.4 Å². The smallest absolute Gasteiger partial charge is 0.229 e. The van der Waals surface area contributed by atoms with Gasteiger partial charge in [-0.2, -0.15) is 0 Å². The fourth-order valence-corrected chi connectivity index (χ4v) is 2.03. The average molecular weight is 314 g/mol. The Morgan fingerprint density at radius 3 is 2.43 bits per heavy atom. The van der Waals surface area contributed by atoms with Gasteiger partial charge in [0.05, 0.1) is 6.26 Å². The first kappa shape index (κ1) is 15.4. The lowest BCUT2D eigenvalue weighted by molar-refractivity contribution is -0.0250. The van der Waals surface area contributed by atoms with Crippen LogP contribution in [0.5, 0.6) is 17.2 Å². The minimum absolute atomic E-state index is 0.305. The maximum Gasteiger partial charge on any atom is 0.229 e. The third-order valence-corrected chi connectivity index (χ3v) is 3.09. The van der Waals surface area contributed by atoms with E-state index in [1.54, 1.807) is 0 Å². The number of nitrogens with one attached hydrogen (secondary N) is 2. The molecule has 0 bridgehead atoms. The van der Waals surface area contributed by atoms with Crippen molar-refractivity contribution in [3.63, 3.8) is 0 Å². The molecule has 120 valence electrons. The van der Waals surface area contributed by atoms with Crippen molar-refractivity contribution < 1.29 is 19.0 Å². The molecular formula is C17H18N2O4. The molecule has 1 heterocycles. The first-order chi connectivity index (χ1) is 11.3. The normalized spacial score (nSPS) is 20.0. The van der Waals surface area contributed by atoms with E-state index in [0.717, 1.165) is 17.2 Å². The Bertz CT molecular complexity index is 618. The molecule has 2 aromatic rings. The van der Waals surface area contributed by atoms with E-state index in [1.165, 1.54) is 6.26 Å². The molecule has 2 N–H and O–H groups in total. The van der Waals surface area contributed by atoms with E-state index in [1.807, 2.05) is 54.6 Å². The summed E-state index contributed by atoms with van der Waals surface area (Å²) in [5.74, 6) is 2.27. The number of hydrogen-bond donors (Lipinski definition) is 2. The molecular weight excluding hydrogens is 296 g/mol. The maximum atomic E-state index is 5.72. The summed E-state index contributed by atoms with van der Waals surface area (Å²) in [5.41, 5.74) is 2.68. The zero-order valence-corrected chi connectivity index (χ0v) is 12.5. The van der Waals surface area contributed by atoms with Crippen LogP contribution >= 0.6 is 0 Å². The summed E-state index contributed by atoms with van der Waals surface area (Å²) < 4.78 is 16.5. The van der Waals surface area contributed by atoms with Crippen LogP contribution in [0.25, 0.3) is 0 Å². The quantitative estimate of drug-likeness (QED) is 0.766. The monoisotopic (exact) mass is 314 g/mol. The molecule has 1 fully saturated rings. The predicted molar refractivity (Wildman–Crippen MR) is 84.7 cm³/mol. The highest BCUT2D eigenvalue weighted by molar-refractivity contribution is 5.35. The van der Waals surface area contributed by atoms with Gasteiger partial charge in [-0.15, -0.1) is 5.48 Å². The topological polar surface area (TPSA) is 61.0 Å². The molecule has 0 aliphatic carbocycles. The lowest BCUT2D eigenvalue weighted by Gasteiger charge is -2.12. The first-order valence-electron chi connectivity index (χ1n) is 7.23. The van der Waals surface area contributed by atoms with E-state index in [2.05, 4.69) is 17.4 Å². The second-order valence-electron chi connectivity index (χ2n) is 4.77. The van der Waals surface area contributed by atoms with Gasteiger partial charge >= 0.3 is 0 Å². The maximum absolute atomic E-state index is 5.72. The van der Waals surface area contributed by atoms with Crippen molar-refractivity contribution in [3.8, 4) is 17.2 Å². The Hall–Kier alpha value is -2.54. The molecule has 0 spiro atoms. The SMILES string of the molecule is C=COC1NOC(COc2ccc(Oc3ccccc3)cc2)N1. The van der Waals surface area contributed by atoms with Crippen molar-refractivity contribution in [1.29, 1.82) is 0 Å². The summed E-state index contributed by atoms with van der Waals surface area (Å²) in [6.07, 6.45) is 0.617. The van der Waals surface area contributed by atoms with E-state index in [-0.39, 0.29) is 6.23 Å². The first-order valence-corrected chi connectivity index (χ1v) is 7.23. The van der Waals surface area contributed by atoms with Crippen LogP contribution in [0.1, 0.15) is 0 Å². The molecule has 1 aliphatic rings. The molecule has 0 radical (unpaired) electrons. The summed E-state index contributed by atoms with van der Waals surface area (Å²) in [7, 11) is 0. The van der Waals surface area contributed by atoms with Gasteiger partial charge in [0.1, 0.15) is 23.9 Å². The number of rotatable bonds is 7. The van der Waals surface area contributed by atoms with Crippen LogP contribution < -0.4 is 20.3 Å². The van der Waals surface area contributed by atoms with Gasteiger partial charge in [-0.25, -0.2) is 5.32 Å². The highest BCUT2D eigenvalue weighted by Crippen LogP contribution is 2.23. The van der Waals surface area contributed by atoms with Crippen LogP contribution in [-0.4, -0.2) is 19.2 Å². The van der Waals surface area contributed by atoms with Crippen LogP contribution in [0.3, 0.4) is 0 Å². The van der Waals surface area contributed by atoms with Crippen LogP contribution in [0, 0.1) is 0 Å². The molecule has 0 saturated carbocycles. The Labute approximate surface area is 134 Å². The van der Waals surface area contributed by atoms with Crippen LogP contribution in [0.2, 0.25) is 0 Å². The van der Waals surface area contributed by atoms with Crippen molar-refractivity contribution in [1.82, 2.24) is 10.8 Å². The zero-order chi connectivity index (χ0) is 15.9. The molecule has 0 amide bonds. The number of benzene rings is 2. The second-order valence-corrected chi connectivity index (χ2v) is 4.77. The van der Waals surface area contributed by atoms with Gasteiger partial charge in [0.2, 0.25) is 6.35 Å². The number of hydrogen-bond acceptors (Lipinski definition) is 6. The van der Waals surface area contributed by atoms with Gasteiger partial charge in [-0.3, -0.25) is 4.84 Å². The number of ether oxygens (including phenoxy) is 3. The predicted octanol–water partition coefficient (Wildman–Crippen LogP) is 2.75. The largest absolute Gasteiger partial charge is 0.489 e. The minimum Gasteiger partial charge on any atom is -0.489 e. The lowest BCUT2D eigenvalue weighted by atomic mass is 10.3. The fraction of sp³-hybridized carbons (Fsp3) is 0.176. The van der Waals surface area contributed by atoms with Gasteiger partial charge in [0.25, 0.3) is 0 Å². The summed E-state index contributed by atoms with van der Waals surface area (Å²) in [4.78, 5) is 5.26. The van der Waals surface area contributed by atoms with E-state index < -0.39 is 6.35 Å². The highest BCUT2D eigenvalue weighted by atomic mass is 16.7. The summed E-state index contributed by atoms with van der Waals surface area (Å²) in [5, 5.41) is 3.03. The number of para-hydroxylation sites is 1. The van der Waals surface area contributed by atoms with E-state index in [9.17, 15) is 0 Å². The molecule has 1 aliphatic heterocycles. The molecule has 1 saturated heterocycles. The third-order valence-electron chi connectivity index (χ3n) is 3.09. The minimum atomic E-state index is -0.414. The average Bonchev–Trinajstić information content (AvgIpc) is 3.03. The zero-order valence-electron chi connectivity index (χ0n) is 12.5. The molecule has 2 unspecified atom stereocenters.